The van der Waals surface area contributed by atoms with Crippen LogP contribution in [0.15, 0.2) is 0 Å². The lowest BCUT2D eigenvalue weighted by Gasteiger charge is -2.09. The highest BCUT2D eigenvalue weighted by molar-refractivity contribution is 8.89. The van der Waals surface area contributed by atoms with Gasteiger partial charge in [0.1, 0.15) is 8.64 Å². The fourth-order valence-corrected chi connectivity index (χ4v) is 5.84. The first kappa shape index (κ1) is 32.5. The van der Waals surface area contributed by atoms with E-state index in [0.29, 0.717) is 0 Å². The van der Waals surface area contributed by atoms with Crippen molar-refractivity contribution < 1.29 is 0 Å². The second kappa shape index (κ2) is 27.7. The summed E-state index contributed by atoms with van der Waals surface area (Å²) in [4.78, 5) is 0. The highest BCUT2D eigenvalue weighted by atomic mass is 33.1. The highest BCUT2D eigenvalue weighted by Gasteiger charge is 2.02. The third kappa shape index (κ3) is 26.7. The second-order valence-electron chi connectivity index (χ2n) is 8.96. The molecule has 32 heavy (non-hydrogen) atoms. The first-order chi connectivity index (χ1) is 15.7. The molecule has 0 aromatic carbocycles. The van der Waals surface area contributed by atoms with E-state index in [-0.39, 0.29) is 0 Å². The summed E-state index contributed by atoms with van der Waals surface area (Å²) in [5, 5.41) is 6.72. The summed E-state index contributed by atoms with van der Waals surface area (Å²) in [5.41, 5.74) is 0. The van der Waals surface area contributed by atoms with Crippen molar-refractivity contribution >= 4 is 54.7 Å². The maximum atomic E-state index is 5.41. The second-order valence-corrected chi connectivity index (χ2v) is 12.4. The van der Waals surface area contributed by atoms with E-state index in [4.69, 9.17) is 24.4 Å². The van der Waals surface area contributed by atoms with E-state index in [9.17, 15) is 0 Å². The number of unbranched alkanes of at least 4 members (excludes halogenated alkanes) is 18. The van der Waals surface area contributed by atoms with Crippen molar-refractivity contribution in [2.45, 2.75) is 142 Å². The molecule has 0 spiro atoms. The molecule has 0 aliphatic heterocycles. The number of hydrogen-bond acceptors (Lipinski definition) is 4. The standard InChI is InChI=1S/C26H52N2S4/c1-3-5-7-9-11-13-15-17-19-21-23-27-25(29)31-32-26(30)28-24-22-20-18-16-14-12-10-8-6-4-2/h3-24H2,1-2H3,(H,27,29)(H,28,30). The van der Waals surface area contributed by atoms with Crippen molar-refractivity contribution in [2.24, 2.45) is 0 Å². The Bertz CT molecular complexity index is 381. The van der Waals surface area contributed by atoms with Gasteiger partial charge >= 0.3 is 0 Å². The van der Waals surface area contributed by atoms with Crippen molar-refractivity contribution in [3.8, 4) is 0 Å². The molecule has 0 radical (unpaired) electrons. The molecule has 0 fully saturated rings. The van der Waals surface area contributed by atoms with Crippen LogP contribution >= 0.6 is 46.0 Å². The van der Waals surface area contributed by atoms with Crippen LogP contribution in [-0.4, -0.2) is 21.7 Å². The first-order valence-corrected chi connectivity index (χ1v) is 16.6. The molecule has 0 aromatic heterocycles. The summed E-state index contributed by atoms with van der Waals surface area (Å²) >= 11 is 10.8. The minimum absolute atomic E-state index is 0.856. The Kier molecular flexibility index (Phi) is 28.1. The van der Waals surface area contributed by atoms with Crippen LogP contribution in [0.2, 0.25) is 0 Å². The van der Waals surface area contributed by atoms with E-state index in [0.717, 1.165) is 21.7 Å². The molecule has 0 atom stereocenters. The quantitative estimate of drug-likeness (QED) is 0.0836. The van der Waals surface area contributed by atoms with Gasteiger partial charge in [-0.2, -0.15) is 0 Å². The largest absolute Gasteiger partial charge is 0.370 e. The van der Waals surface area contributed by atoms with E-state index < -0.39 is 0 Å². The Morgan fingerprint density at radius 3 is 0.969 bits per heavy atom. The molecular formula is C26H52N2S4. The van der Waals surface area contributed by atoms with Gasteiger partial charge < -0.3 is 10.6 Å². The van der Waals surface area contributed by atoms with Crippen LogP contribution < -0.4 is 10.6 Å². The van der Waals surface area contributed by atoms with Crippen LogP contribution in [0.3, 0.4) is 0 Å². The molecule has 0 aromatic rings. The molecule has 0 unspecified atom stereocenters. The third-order valence-electron chi connectivity index (χ3n) is 5.79. The predicted octanol–water partition coefficient (Wildman–Crippen LogP) is 9.96. The van der Waals surface area contributed by atoms with Gasteiger partial charge in [-0.3, -0.25) is 0 Å². The minimum Gasteiger partial charge on any atom is -0.370 e. The van der Waals surface area contributed by atoms with Gasteiger partial charge in [0, 0.05) is 13.1 Å². The molecule has 6 heteroatoms. The lowest BCUT2D eigenvalue weighted by atomic mass is 10.1. The van der Waals surface area contributed by atoms with Crippen LogP contribution in [0.25, 0.3) is 0 Å². The molecule has 2 N–H and O–H groups in total. The van der Waals surface area contributed by atoms with Crippen molar-refractivity contribution in [1.82, 2.24) is 10.6 Å². The van der Waals surface area contributed by atoms with Crippen LogP contribution in [-0.2, 0) is 0 Å². The van der Waals surface area contributed by atoms with Crippen LogP contribution in [0.5, 0.6) is 0 Å². The molecule has 0 aliphatic rings. The van der Waals surface area contributed by atoms with Crippen molar-refractivity contribution in [2.75, 3.05) is 13.1 Å². The number of hydrogen-bond donors (Lipinski definition) is 2. The smallest absolute Gasteiger partial charge is 0.144 e. The van der Waals surface area contributed by atoms with Crippen LogP contribution in [0, 0.1) is 0 Å². The lowest BCUT2D eigenvalue weighted by molar-refractivity contribution is 0.555. The molecule has 0 rings (SSSR count). The fraction of sp³-hybridized carbons (Fsp3) is 0.923. The van der Waals surface area contributed by atoms with Gasteiger partial charge in [-0.15, -0.1) is 0 Å². The van der Waals surface area contributed by atoms with Gasteiger partial charge in [-0.05, 0) is 34.4 Å². The van der Waals surface area contributed by atoms with E-state index >= 15 is 0 Å². The molecule has 0 saturated heterocycles. The van der Waals surface area contributed by atoms with E-state index in [1.165, 1.54) is 128 Å². The summed E-state index contributed by atoms with van der Waals surface area (Å²) in [5.74, 6) is 0. The Hall–Kier alpha value is 0.480. The molecule has 190 valence electrons. The van der Waals surface area contributed by atoms with Gasteiger partial charge in [0.25, 0.3) is 0 Å². The Morgan fingerprint density at radius 2 is 0.688 bits per heavy atom. The molecule has 0 bridgehead atoms. The number of thiocarbonyl (C=S) groups is 2. The Balaban J connectivity index is 3.30. The zero-order chi connectivity index (χ0) is 23.5. The molecular weight excluding hydrogens is 469 g/mol. The minimum atomic E-state index is 0.856. The Morgan fingerprint density at radius 1 is 0.438 bits per heavy atom. The average Bonchev–Trinajstić information content (AvgIpc) is 2.79. The zero-order valence-electron chi connectivity index (χ0n) is 21.2. The van der Waals surface area contributed by atoms with E-state index in [2.05, 4.69) is 24.5 Å². The van der Waals surface area contributed by atoms with Crippen molar-refractivity contribution in [3.63, 3.8) is 0 Å². The fourth-order valence-electron chi connectivity index (χ4n) is 3.74. The summed E-state index contributed by atoms with van der Waals surface area (Å²) in [7, 11) is 3.16. The first-order valence-electron chi connectivity index (χ1n) is 13.6. The molecule has 2 nitrogen and oxygen atoms in total. The molecule has 0 saturated carbocycles. The summed E-state index contributed by atoms with van der Waals surface area (Å²) < 4.78 is 1.71. The monoisotopic (exact) mass is 520 g/mol. The van der Waals surface area contributed by atoms with Gasteiger partial charge in [-0.1, -0.05) is 154 Å². The Labute approximate surface area is 219 Å². The topological polar surface area (TPSA) is 24.1 Å². The van der Waals surface area contributed by atoms with Gasteiger partial charge in [0.15, 0.2) is 0 Å². The average molecular weight is 521 g/mol. The molecule has 0 heterocycles. The van der Waals surface area contributed by atoms with Crippen LogP contribution in [0.1, 0.15) is 142 Å². The van der Waals surface area contributed by atoms with E-state index in [1.54, 1.807) is 21.6 Å². The summed E-state index contributed by atoms with van der Waals surface area (Å²) in [6, 6.07) is 0. The maximum Gasteiger partial charge on any atom is 0.144 e. The normalized spacial score (nSPS) is 10.9. The maximum absolute atomic E-state index is 5.41. The number of nitrogens with one attached hydrogen (secondary N) is 2. The van der Waals surface area contributed by atoms with Gasteiger partial charge in [-0.25, -0.2) is 0 Å². The lowest BCUT2D eigenvalue weighted by Crippen LogP contribution is -2.21. The third-order valence-corrected chi connectivity index (χ3v) is 9.14. The molecule has 0 amide bonds. The van der Waals surface area contributed by atoms with Crippen LogP contribution in [0.4, 0.5) is 0 Å². The van der Waals surface area contributed by atoms with Crippen molar-refractivity contribution in [3.05, 3.63) is 0 Å². The van der Waals surface area contributed by atoms with Crippen molar-refractivity contribution in [1.29, 1.82) is 0 Å². The molecule has 0 aliphatic carbocycles. The summed E-state index contributed by atoms with van der Waals surface area (Å²) in [6.07, 6.45) is 27.4. The predicted molar refractivity (Wildman–Crippen MR) is 160 cm³/mol. The van der Waals surface area contributed by atoms with Gasteiger partial charge in [0.2, 0.25) is 0 Å². The summed E-state index contributed by atoms with van der Waals surface area (Å²) in [6.45, 7) is 6.54. The van der Waals surface area contributed by atoms with E-state index in [1.807, 2.05) is 0 Å². The zero-order valence-corrected chi connectivity index (χ0v) is 24.5. The number of rotatable bonds is 22. The SMILES string of the molecule is CCCCCCCCCCCCNC(=S)SSC(=S)NCCCCCCCCCCCC. The highest BCUT2D eigenvalue weighted by Crippen LogP contribution is 2.23. The van der Waals surface area contributed by atoms with Gasteiger partial charge in [0.05, 0.1) is 0 Å².